The van der Waals surface area contributed by atoms with Crippen molar-refractivity contribution in [3.8, 4) is 0 Å². The van der Waals surface area contributed by atoms with Crippen molar-refractivity contribution in [1.82, 2.24) is 0 Å². The minimum Gasteiger partial charge on any atom is -0.455 e. The molecular weight excluding hydrogens is 347 g/mol. The Hall–Kier alpha value is -2.28. The van der Waals surface area contributed by atoms with Crippen molar-refractivity contribution < 1.29 is 27.5 Å². The highest BCUT2D eigenvalue weighted by molar-refractivity contribution is 6.03. The van der Waals surface area contributed by atoms with E-state index in [1.807, 2.05) is 13.8 Å². The average Bonchev–Trinajstić information content (AvgIpc) is 2.82. The molecule has 1 amide bonds. The third kappa shape index (κ3) is 3.49. The van der Waals surface area contributed by atoms with E-state index in [4.69, 9.17) is 4.42 Å². The van der Waals surface area contributed by atoms with Crippen LogP contribution >= 0.6 is 0 Å². The summed E-state index contributed by atoms with van der Waals surface area (Å²) in [6, 6.07) is 4.41. The molecule has 2 aromatic rings. The van der Waals surface area contributed by atoms with E-state index in [-0.39, 0.29) is 16.9 Å². The second kappa shape index (κ2) is 6.16. The lowest BCUT2D eigenvalue weighted by molar-refractivity contribution is -0.137. The number of anilines is 1. The monoisotopic (exact) mass is 367 g/mol. The lowest BCUT2D eigenvalue weighted by Crippen LogP contribution is -2.24. The minimum atomic E-state index is -4.49. The fourth-order valence-corrected chi connectivity index (χ4v) is 3.46. The van der Waals surface area contributed by atoms with Crippen LogP contribution in [0.15, 0.2) is 28.7 Å². The third-order valence-corrected chi connectivity index (χ3v) is 4.64. The summed E-state index contributed by atoms with van der Waals surface area (Å²) < 4.78 is 44.1. The lowest BCUT2D eigenvalue weighted by atomic mass is 9.75. The standard InChI is InChI=1S/C19H20F3NO3/c1-10-15-13(24)8-18(2,3)9-14(15)26-16(10)17(25)23-12-6-4-5-11(7-12)19(20,21)22/h4-7,13,24H,8-9H2,1-3H3,(H,23,25)/t13-/m1/s1. The molecule has 0 aliphatic heterocycles. The van der Waals surface area contributed by atoms with E-state index in [1.165, 1.54) is 12.1 Å². The normalized spacial score (nSPS) is 19.1. The summed E-state index contributed by atoms with van der Waals surface area (Å²) in [6.45, 7) is 5.67. The van der Waals surface area contributed by atoms with Crippen molar-refractivity contribution in [1.29, 1.82) is 0 Å². The SMILES string of the molecule is Cc1c(C(=O)Nc2cccc(C(F)(F)F)c2)oc2c1[C@H](O)CC(C)(C)C2. The summed E-state index contributed by atoms with van der Waals surface area (Å²) >= 11 is 0. The smallest absolute Gasteiger partial charge is 0.416 e. The van der Waals surface area contributed by atoms with Crippen LogP contribution in [0.3, 0.4) is 0 Å². The topological polar surface area (TPSA) is 62.5 Å². The molecule has 0 unspecified atom stereocenters. The van der Waals surface area contributed by atoms with E-state index >= 15 is 0 Å². The lowest BCUT2D eigenvalue weighted by Gasteiger charge is -2.31. The predicted molar refractivity (Wildman–Crippen MR) is 89.9 cm³/mol. The fraction of sp³-hybridized carbons (Fsp3) is 0.421. The molecule has 1 atom stereocenters. The molecule has 140 valence electrons. The summed E-state index contributed by atoms with van der Waals surface area (Å²) in [5.41, 5.74) is 0.152. The molecular formula is C19H20F3NO3. The van der Waals surface area contributed by atoms with Crippen molar-refractivity contribution in [2.45, 2.75) is 45.9 Å². The van der Waals surface area contributed by atoms with Gasteiger partial charge in [-0.1, -0.05) is 19.9 Å². The van der Waals surface area contributed by atoms with Crippen molar-refractivity contribution in [2.75, 3.05) is 5.32 Å². The van der Waals surface area contributed by atoms with Crippen LogP contribution in [-0.4, -0.2) is 11.0 Å². The van der Waals surface area contributed by atoms with Gasteiger partial charge in [-0.15, -0.1) is 0 Å². The van der Waals surface area contributed by atoms with E-state index in [1.54, 1.807) is 6.92 Å². The number of alkyl halides is 3. The second-order valence-electron chi connectivity index (χ2n) is 7.49. The zero-order valence-electron chi connectivity index (χ0n) is 14.7. The number of carbonyl (C=O) groups excluding carboxylic acids is 1. The Balaban J connectivity index is 1.88. The van der Waals surface area contributed by atoms with Crippen molar-refractivity contribution in [3.05, 3.63) is 52.5 Å². The molecule has 1 aliphatic rings. The first-order valence-electron chi connectivity index (χ1n) is 8.27. The van der Waals surface area contributed by atoms with Gasteiger partial charge in [0.2, 0.25) is 0 Å². The largest absolute Gasteiger partial charge is 0.455 e. The number of benzene rings is 1. The zero-order chi connectivity index (χ0) is 19.3. The van der Waals surface area contributed by atoms with Gasteiger partial charge in [0, 0.05) is 23.2 Å². The maximum absolute atomic E-state index is 12.8. The molecule has 4 nitrogen and oxygen atoms in total. The van der Waals surface area contributed by atoms with Gasteiger partial charge < -0.3 is 14.8 Å². The molecule has 0 spiro atoms. The summed E-state index contributed by atoms with van der Waals surface area (Å²) in [5, 5.41) is 12.8. The van der Waals surface area contributed by atoms with Crippen LogP contribution in [0.2, 0.25) is 0 Å². The maximum Gasteiger partial charge on any atom is 0.416 e. The molecule has 1 heterocycles. The molecule has 3 rings (SSSR count). The van der Waals surface area contributed by atoms with Gasteiger partial charge >= 0.3 is 6.18 Å². The van der Waals surface area contributed by atoms with Gasteiger partial charge in [-0.2, -0.15) is 13.2 Å². The van der Waals surface area contributed by atoms with Gasteiger partial charge in [0.05, 0.1) is 11.7 Å². The average molecular weight is 367 g/mol. The Morgan fingerprint density at radius 2 is 2.04 bits per heavy atom. The van der Waals surface area contributed by atoms with Crippen LogP contribution in [0.4, 0.5) is 18.9 Å². The van der Waals surface area contributed by atoms with Gasteiger partial charge in [-0.3, -0.25) is 4.79 Å². The molecule has 0 saturated carbocycles. The molecule has 1 aromatic heterocycles. The van der Waals surface area contributed by atoms with Crippen molar-refractivity contribution in [3.63, 3.8) is 0 Å². The molecule has 2 N–H and O–H groups in total. The van der Waals surface area contributed by atoms with E-state index in [2.05, 4.69) is 5.32 Å². The number of nitrogens with one attached hydrogen (secondary N) is 1. The first-order chi connectivity index (χ1) is 12.0. The van der Waals surface area contributed by atoms with Gasteiger partial charge in [0.25, 0.3) is 5.91 Å². The Morgan fingerprint density at radius 1 is 1.35 bits per heavy atom. The molecule has 7 heteroatoms. The number of halogens is 3. The fourth-order valence-electron chi connectivity index (χ4n) is 3.46. The Labute approximate surface area is 149 Å². The quantitative estimate of drug-likeness (QED) is 0.796. The van der Waals surface area contributed by atoms with E-state index < -0.39 is 23.8 Å². The highest BCUT2D eigenvalue weighted by Crippen LogP contribution is 2.44. The summed E-state index contributed by atoms with van der Waals surface area (Å²) in [7, 11) is 0. The number of amides is 1. The molecule has 0 fully saturated rings. The molecule has 0 saturated heterocycles. The van der Waals surface area contributed by atoms with Crippen LogP contribution in [-0.2, 0) is 12.6 Å². The number of fused-ring (bicyclic) bond motifs is 1. The zero-order valence-corrected chi connectivity index (χ0v) is 14.7. The van der Waals surface area contributed by atoms with Gasteiger partial charge in [-0.05, 0) is 37.0 Å². The Morgan fingerprint density at radius 3 is 2.69 bits per heavy atom. The van der Waals surface area contributed by atoms with Crippen molar-refractivity contribution in [2.24, 2.45) is 5.41 Å². The Kier molecular flexibility index (Phi) is 4.38. The first-order valence-corrected chi connectivity index (χ1v) is 8.27. The highest BCUT2D eigenvalue weighted by atomic mass is 19.4. The van der Waals surface area contributed by atoms with E-state index in [0.29, 0.717) is 29.7 Å². The molecule has 0 bridgehead atoms. The number of carbonyl (C=O) groups is 1. The number of aliphatic hydroxyl groups is 1. The van der Waals surface area contributed by atoms with Crippen LogP contribution in [0, 0.1) is 12.3 Å². The second-order valence-corrected chi connectivity index (χ2v) is 7.49. The number of furan rings is 1. The van der Waals surface area contributed by atoms with Crippen molar-refractivity contribution >= 4 is 11.6 Å². The number of hydrogen-bond donors (Lipinski definition) is 2. The van der Waals surface area contributed by atoms with Crippen LogP contribution in [0.5, 0.6) is 0 Å². The number of hydrogen-bond acceptors (Lipinski definition) is 3. The van der Waals surface area contributed by atoms with E-state index in [0.717, 1.165) is 12.1 Å². The third-order valence-electron chi connectivity index (χ3n) is 4.64. The summed E-state index contributed by atoms with van der Waals surface area (Å²) in [6.07, 6.45) is -4.09. The van der Waals surface area contributed by atoms with Gasteiger partial charge in [0.1, 0.15) is 5.76 Å². The maximum atomic E-state index is 12.8. The molecule has 1 aromatic carbocycles. The summed E-state index contributed by atoms with van der Waals surface area (Å²) in [5.74, 6) is -0.0640. The van der Waals surface area contributed by atoms with Crippen LogP contribution in [0.1, 0.15) is 59.4 Å². The van der Waals surface area contributed by atoms with Crippen LogP contribution < -0.4 is 5.32 Å². The van der Waals surface area contributed by atoms with E-state index in [9.17, 15) is 23.1 Å². The highest BCUT2D eigenvalue weighted by Gasteiger charge is 2.37. The van der Waals surface area contributed by atoms with Crippen LogP contribution in [0.25, 0.3) is 0 Å². The predicted octanol–water partition coefficient (Wildman–Crippen LogP) is 4.86. The summed E-state index contributed by atoms with van der Waals surface area (Å²) in [4.78, 5) is 12.5. The Bertz CT molecular complexity index is 852. The number of rotatable bonds is 2. The van der Waals surface area contributed by atoms with Gasteiger partial charge in [-0.25, -0.2) is 0 Å². The molecule has 0 radical (unpaired) electrons. The minimum absolute atomic E-state index is 0.0177. The number of aliphatic hydroxyl groups excluding tert-OH is 1. The molecule has 26 heavy (non-hydrogen) atoms. The van der Waals surface area contributed by atoms with Gasteiger partial charge in [0.15, 0.2) is 5.76 Å². The molecule has 1 aliphatic carbocycles. The first kappa shape index (κ1) is 18.5.